The SMILES string of the molecule is CCC(NCC(C)(C)N(C)C)C(C)C. The Morgan fingerprint density at radius 3 is 2.00 bits per heavy atom. The quantitative estimate of drug-likeness (QED) is 0.708. The van der Waals surface area contributed by atoms with Crippen LogP contribution in [-0.2, 0) is 0 Å². The van der Waals surface area contributed by atoms with E-state index in [1.54, 1.807) is 0 Å². The van der Waals surface area contributed by atoms with Crippen LogP contribution in [0.4, 0.5) is 0 Å². The van der Waals surface area contributed by atoms with E-state index in [0.29, 0.717) is 6.04 Å². The van der Waals surface area contributed by atoms with Crippen molar-refractivity contribution < 1.29 is 0 Å². The number of likely N-dealkylation sites (N-methyl/N-ethyl adjacent to an activating group) is 1. The van der Waals surface area contributed by atoms with Gasteiger partial charge in [-0.05, 0) is 40.3 Å². The lowest BCUT2D eigenvalue weighted by atomic mass is 9.99. The molecule has 2 nitrogen and oxygen atoms in total. The Balaban J connectivity index is 4.02. The van der Waals surface area contributed by atoms with Crippen molar-refractivity contribution in [3.8, 4) is 0 Å². The fraction of sp³-hybridized carbons (Fsp3) is 1.00. The van der Waals surface area contributed by atoms with Crippen molar-refractivity contribution in [1.82, 2.24) is 10.2 Å². The van der Waals surface area contributed by atoms with Crippen LogP contribution in [0.1, 0.15) is 41.0 Å². The molecule has 0 radical (unpaired) electrons. The van der Waals surface area contributed by atoms with Gasteiger partial charge >= 0.3 is 0 Å². The second-order valence-corrected chi connectivity index (χ2v) is 5.35. The summed E-state index contributed by atoms with van der Waals surface area (Å²) < 4.78 is 0. The number of rotatable bonds is 6. The highest BCUT2D eigenvalue weighted by atomic mass is 15.2. The summed E-state index contributed by atoms with van der Waals surface area (Å²) in [6.45, 7) is 12.4. The fourth-order valence-corrected chi connectivity index (χ4v) is 1.39. The van der Waals surface area contributed by atoms with Crippen molar-refractivity contribution in [3.63, 3.8) is 0 Å². The van der Waals surface area contributed by atoms with Gasteiger partial charge in [0.1, 0.15) is 0 Å². The van der Waals surface area contributed by atoms with Crippen LogP contribution in [-0.4, -0.2) is 37.1 Å². The van der Waals surface area contributed by atoms with Gasteiger partial charge in [0, 0.05) is 18.1 Å². The summed E-state index contributed by atoms with van der Waals surface area (Å²) in [5, 5.41) is 3.65. The number of hydrogen-bond acceptors (Lipinski definition) is 2. The summed E-state index contributed by atoms with van der Waals surface area (Å²) in [4.78, 5) is 2.27. The molecule has 0 bridgehead atoms. The monoisotopic (exact) mass is 200 g/mol. The molecule has 0 aliphatic carbocycles. The Labute approximate surface area is 90.1 Å². The molecule has 2 heteroatoms. The van der Waals surface area contributed by atoms with Gasteiger partial charge in [-0.2, -0.15) is 0 Å². The van der Waals surface area contributed by atoms with Gasteiger partial charge in [0.05, 0.1) is 0 Å². The molecule has 0 aromatic rings. The average molecular weight is 200 g/mol. The third-order valence-corrected chi connectivity index (χ3v) is 3.25. The number of nitrogens with zero attached hydrogens (tertiary/aromatic N) is 1. The second-order valence-electron chi connectivity index (χ2n) is 5.35. The van der Waals surface area contributed by atoms with E-state index in [2.05, 4.69) is 58.9 Å². The predicted molar refractivity (Wildman–Crippen MR) is 64.7 cm³/mol. The smallest absolute Gasteiger partial charge is 0.0271 e. The summed E-state index contributed by atoms with van der Waals surface area (Å²) in [5.41, 5.74) is 0.238. The lowest BCUT2D eigenvalue weighted by molar-refractivity contribution is 0.178. The largest absolute Gasteiger partial charge is 0.312 e. The van der Waals surface area contributed by atoms with Gasteiger partial charge in [0.15, 0.2) is 0 Å². The molecular formula is C12H28N2. The third kappa shape index (κ3) is 4.43. The molecular weight excluding hydrogens is 172 g/mol. The van der Waals surface area contributed by atoms with E-state index in [1.165, 1.54) is 6.42 Å². The molecule has 0 aromatic heterocycles. The van der Waals surface area contributed by atoms with Crippen LogP contribution in [0.5, 0.6) is 0 Å². The van der Waals surface area contributed by atoms with Gasteiger partial charge in [-0.3, -0.25) is 0 Å². The second kappa shape index (κ2) is 5.72. The normalized spacial score (nSPS) is 15.2. The Kier molecular flexibility index (Phi) is 5.68. The van der Waals surface area contributed by atoms with E-state index in [4.69, 9.17) is 0 Å². The Hall–Kier alpha value is -0.0800. The average Bonchev–Trinajstić information content (AvgIpc) is 2.04. The lowest BCUT2D eigenvalue weighted by Gasteiger charge is -2.35. The maximum atomic E-state index is 3.65. The summed E-state index contributed by atoms with van der Waals surface area (Å²) in [5.74, 6) is 0.720. The van der Waals surface area contributed by atoms with Crippen molar-refractivity contribution >= 4 is 0 Å². The molecule has 14 heavy (non-hydrogen) atoms. The van der Waals surface area contributed by atoms with E-state index in [0.717, 1.165) is 12.5 Å². The standard InChI is InChI=1S/C12H28N2/c1-8-11(10(2)3)13-9-12(4,5)14(6)7/h10-11,13H,8-9H2,1-7H3. The fourth-order valence-electron chi connectivity index (χ4n) is 1.39. The van der Waals surface area contributed by atoms with Gasteiger partial charge in [0.2, 0.25) is 0 Å². The van der Waals surface area contributed by atoms with Crippen LogP contribution in [0, 0.1) is 5.92 Å². The van der Waals surface area contributed by atoms with E-state index in [9.17, 15) is 0 Å². The Morgan fingerprint density at radius 2 is 1.71 bits per heavy atom. The Bertz CT molecular complexity index is 150. The summed E-state index contributed by atoms with van der Waals surface area (Å²) in [7, 11) is 4.27. The molecule has 86 valence electrons. The van der Waals surface area contributed by atoms with Gasteiger partial charge in [0.25, 0.3) is 0 Å². The highest BCUT2D eigenvalue weighted by molar-refractivity contribution is 4.82. The lowest BCUT2D eigenvalue weighted by Crippen LogP contribution is -2.50. The molecule has 0 spiro atoms. The topological polar surface area (TPSA) is 15.3 Å². The van der Waals surface area contributed by atoms with Gasteiger partial charge < -0.3 is 10.2 Å². The van der Waals surface area contributed by atoms with Crippen molar-refractivity contribution in [1.29, 1.82) is 0 Å². The molecule has 0 fully saturated rings. The molecule has 0 amide bonds. The third-order valence-electron chi connectivity index (χ3n) is 3.25. The first kappa shape index (κ1) is 13.9. The zero-order valence-electron chi connectivity index (χ0n) is 11.0. The van der Waals surface area contributed by atoms with Crippen molar-refractivity contribution in [2.24, 2.45) is 5.92 Å². The summed E-state index contributed by atoms with van der Waals surface area (Å²) in [6.07, 6.45) is 1.21. The van der Waals surface area contributed by atoms with Crippen LogP contribution in [0.3, 0.4) is 0 Å². The maximum Gasteiger partial charge on any atom is 0.0271 e. The van der Waals surface area contributed by atoms with Crippen molar-refractivity contribution in [3.05, 3.63) is 0 Å². The molecule has 0 rings (SSSR count). The maximum absolute atomic E-state index is 3.65. The van der Waals surface area contributed by atoms with Crippen LogP contribution in [0.15, 0.2) is 0 Å². The minimum Gasteiger partial charge on any atom is -0.312 e. The van der Waals surface area contributed by atoms with E-state index in [1.807, 2.05) is 0 Å². The van der Waals surface area contributed by atoms with E-state index < -0.39 is 0 Å². The Morgan fingerprint density at radius 1 is 1.21 bits per heavy atom. The molecule has 0 aromatic carbocycles. The summed E-state index contributed by atoms with van der Waals surface area (Å²) >= 11 is 0. The molecule has 1 atom stereocenters. The van der Waals surface area contributed by atoms with Crippen LogP contribution in [0.25, 0.3) is 0 Å². The van der Waals surface area contributed by atoms with Gasteiger partial charge in [-0.15, -0.1) is 0 Å². The minimum absolute atomic E-state index is 0.238. The molecule has 0 heterocycles. The molecule has 1 unspecified atom stereocenters. The minimum atomic E-state index is 0.238. The van der Waals surface area contributed by atoms with E-state index in [-0.39, 0.29) is 5.54 Å². The first-order valence-corrected chi connectivity index (χ1v) is 5.72. The zero-order valence-corrected chi connectivity index (χ0v) is 11.0. The molecule has 0 aliphatic rings. The first-order valence-electron chi connectivity index (χ1n) is 5.72. The highest BCUT2D eigenvalue weighted by Crippen LogP contribution is 2.11. The highest BCUT2D eigenvalue weighted by Gasteiger charge is 2.22. The zero-order chi connectivity index (χ0) is 11.4. The number of hydrogen-bond donors (Lipinski definition) is 1. The van der Waals surface area contributed by atoms with Gasteiger partial charge in [-0.1, -0.05) is 20.8 Å². The van der Waals surface area contributed by atoms with Gasteiger partial charge in [-0.25, -0.2) is 0 Å². The number of nitrogens with one attached hydrogen (secondary N) is 1. The van der Waals surface area contributed by atoms with E-state index >= 15 is 0 Å². The van der Waals surface area contributed by atoms with Crippen LogP contribution in [0.2, 0.25) is 0 Å². The van der Waals surface area contributed by atoms with Crippen LogP contribution < -0.4 is 5.32 Å². The molecule has 1 N–H and O–H groups in total. The first-order chi connectivity index (χ1) is 6.31. The van der Waals surface area contributed by atoms with Crippen molar-refractivity contribution in [2.45, 2.75) is 52.6 Å². The predicted octanol–water partition coefficient (Wildman–Crippen LogP) is 2.35. The molecule has 0 aliphatic heterocycles. The molecule has 0 saturated carbocycles. The molecule has 0 saturated heterocycles. The summed E-state index contributed by atoms with van der Waals surface area (Å²) in [6, 6.07) is 0.647. The van der Waals surface area contributed by atoms with Crippen LogP contribution >= 0.6 is 0 Å². The van der Waals surface area contributed by atoms with Crippen molar-refractivity contribution in [2.75, 3.05) is 20.6 Å².